The smallest absolute Gasteiger partial charge is 0.123 e. The second-order valence-electron chi connectivity index (χ2n) is 5.80. The minimum absolute atomic E-state index is 0.266. The summed E-state index contributed by atoms with van der Waals surface area (Å²) in [5.41, 5.74) is 7.24. The average molecular weight is 246 g/mol. The standard InChI is InChI=1S/C15H22N2O/c16-14-11-12(6-10-17-14)3-4-13-5-9-15(18-13)7-1-2-8-15/h6,10-11,13H,1-5,7-9H2,(H2,16,17). The van der Waals surface area contributed by atoms with Gasteiger partial charge in [-0.15, -0.1) is 0 Å². The van der Waals surface area contributed by atoms with E-state index in [1.54, 1.807) is 6.20 Å². The van der Waals surface area contributed by atoms with Crippen LogP contribution >= 0.6 is 0 Å². The van der Waals surface area contributed by atoms with Crippen molar-refractivity contribution in [1.82, 2.24) is 4.98 Å². The maximum atomic E-state index is 6.31. The van der Waals surface area contributed by atoms with Crippen LogP contribution in [0, 0.1) is 0 Å². The number of nitrogens with zero attached hydrogens (tertiary/aromatic N) is 1. The molecule has 2 aliphatic rings. The summed E-state index contributed by atoms with van der Waals surface area (Å²) < 4.78 is 6.31. The summed E-state index contributed by atoms with van der Waals surface area (Å²) >= 11 is 0. The molecule has 1 aromatic heterocycles. The summed E-state index contributed by atoms with van der Waals surface area (Å²) in [5.74, 6) is 0.618. The molecule has 0 radical (unpaired) electrons. The van der Waals surface area contributed by atoms with Gasteiger partial charge < -0.3 is 10.5 Å². The molecule has 1 aromatic rings. The summed E-state index contributed by atoms with van der Waals surface area (Å²) in [6, 6.07) is 4.02. The predicted octanol–water partition coefficient (Wildman–Crippen LogP) is 3.09. The van der Waals surface area contributed by atoms with Crippen molar-refractivity contribution in [3.63, 3.8) is 0 Å². The van der Waals surface area contributed by atoms with Crippen LogP contribution in [0.3, 0.4) is 0 Å². The fourth-order valence-corrected chi connectivity index (χ4v) is 3.46. The third kappa shape index (κ3) is 2.51. The van der Waals surface area contributed by atoms with Gasteiger partial charge in [-0.3, -0.25) is 0 Å². The molecule has 0 aromatic carbocycles. The largest absolute Gasteiger partial charge is 0.384 e. The van der Waals surface area contributed by atoms with E-state index in [2.05, 4.69) is 11.1 Å². The summed E-state index contributed by atoms with van der Waals surface area (Å²) in [6.45, 7) is 0. The minimum atomic E-state index is 0.266. The number of aryl methyl sites for hydroxylation is 1. The van der Waals surface area contributed by atoms with E-state index in [-0.39, 0.29) is 5.60 Å². The van der Waals surface area contributed by atoms with Crippen LogP contribution in [0.15, 0.2) is 18.3 Å². The molecule has 18 heavy (non-hydrogen) atoms. The van der Waals surface area contributed by atoms with Crippen LogP contribution < -0.4 is 5.73 Å². The highest BCUT2D eigenvalue weighted by Crippen LogP contribution is 2.44. The molecule has 0 amide bonds. The Kier molecular flexibility index (Phi) is 3.25. The third-order valence-corrected chi connectivity index (χ3v) is 4.45. The lowest BCUT2D eigenvalue weighted by Crippen LogP contribution is -2.24. The van der Waals surface area contributed by atoms with Gasteiger partial charge in [0.15, 0.2) is 0 Å². The first-order chi connectivity index (χ1) is 8.76. The second kappa shape index (κ2) is 4.88. The molecule has 1 saturated heterocycles. The van der Waals surface area contributed by atoms with Crippen LogP contribution in [0.5, 0.6) is 0 Å². The number of hydrogen-bond donors (Lipinski definition) is 1. The quantitative estimate of drug-likeness (QED) is 0.891. The van der Waals surface area contributed by atoms with Crippen molar-refractivity contribution in [2.75, 3.05) is 5.73 Å². The Hall–Kier alpha value is -1.09. The molecule has 1 atom stereocenters. The first kappa shape index (κ1) is 12.0. The van der Waals surface area contributed by atoms with Crippen molar-refractivity contribution in [1.29, 1.82) is 0 Å². The highest BCUT2D eigenvalue weighted by molar-refractivity contribution is 5.31. The van der Waals surface area contributed by atoms with Gasteiger partial charge in [0, 0.05) is 6.20 Å². The minimum Gasteiger partial charge on any atom is -0.384 e. The Bertz CT molecular complexity index is 413. The molecule has 2 heterocycles. The van der Waals surface area contributed by atoms with Gasteiger partial charge >= 0.3 is 0 Å². The molecular weight excluding hydrogens is 224 g/mol. The number of hydrogen-bond acceptors (Lipinski definition) is 3. The summed E-state index contributed by atoms with van der Waals surface area (Å²) in [4.78, 5) is 4.02. The fraction of sp³-hybridized carbons (Fsp3) is 0.667. The summed E-state index contributed by atoms with van der Waals surface area (Å²) in [7, 11) is 0. The van der Waals surface area contributed by atoms with Crippen molar-refractivity contribution in [2.45, 2.75) is 63.1 Å². The van der Waals surface area contributed by atoms with Crippen LogP contribution in [0.1, 0.15) is 50.5 Å². The molecule has 3 heteroatoms. The number of nitrogen functional groups attached to an aromatic ring is 1. The zero-order valence-electron chi connectivity index (χ0n) is 10.9. The Balaban J connectivity index is 1.52. The number of anilines is 1. The number of pyridine rings is 1. The topological polar surface area (TPSA) is 48.1 Å². The number of nitrogens with two attached hydrogens (primary N) is 1. The molecule has 1 aliphatic heterocycles. The number of aromatic nitrogens is 1. The molecular formula is C15H22N2O. The highest BCUT2D eigenvalue weighted by atomic mass is 16.5. The third-order valence-electron chi connectivity index (χ3n) is 4.45. The van der Waals surface area contributed by atoms with Crippen LogP contribution in [-0.2, 0) is 11.2 Å². The molecule has 1 saturated carbocycles. The maximum Gasteiger partial charge on any atom is 0.123 e. The molecule has 2 fully saturated rings. The van der Waals surface area contributed by atoms with Gasteiger partial charge in [-0.25, -0.2) is 4.98 Å². The lowest BCUT2D eigenvalue weighted by molar-refractivity contribution is -0.0386. The molecule has 1 aliphatic carbocycles. The highest BCUT2D eigenvalue weighted by Gasteiger charge is 2.41. The predicted molar refractivity (Wildman–Crippen MR) is 72.3 cm³/mol. The van der Waals surface area contributed by atoms with E-state index in [9.17, 15) is 0 Å². The first-order valence-electron chi connectivity index (χ1n) is 7.14. The van der Waals surface area contributed by atoms with Crippen molar-refractivity contribution in [3.05, 3.63) is 23.9 Å². The SMILES string of the molecule is Nc1cc(CCC2CCC3(CCCC3)O2)ccn1. The van der Waals surface area contributed by atoms with Gasteiger partial charge in [0.25, 0.3) is 0 Å². The molecule has 1 unspecified atom stereocenters. The van der Waals surface area contributed by atoms with Crippen LogP contribution in [0.4, 0.5) is 5.82 Å². The molecule has 0 bridgehead atoms. The first-order valence-corrected chi connectivity index (χ1v) is 7.14. The van der Waals surface area contributed by atoms with Crippen LogP contribution in [0.2, 0.25) is 0 Å². The normalized spacial score (nSPS) is 25.9. The van der Waals surface area contributed by atoms with Crippen LogP contribution in [0.25, 0.3) is 0 Å². The Morgan fingerprint density at radius 2 is 2.17 bits per heavy atom. The number of rotatable bonds is 3. The van der Waals surface area contributed by atoms with E-state index in [1.165, 1.54) is 44.1 Å². The van der Waals surface area contributed by atoms with Gasteiger partial charge in [-0.05, 0) is 56.2 Å². The number of ether oxygens (including phenoxy) is 1. The van der Waals surface area contributed by atoms with Crippen molar-refractivity contribution in [3.8, 4) is 0 Å². The van der Waals surface area contributed by atoms with Crippen molar-refractivity contribution in [2.24, 2.45) is 0 Å². The maximum absolute atomic E-state index is 6.31. The monoisotopic (exact) mass is 246 g/mol. The zero-order valence-corrected chi connectivity index (χ0v) is 10.9. The van der Waals surface area contributed by atoms with Gasteiger partial charge in [0.2, 0.25) is 0 Å². The van der Waals surface area contributed by atoms with E-state index < -0.39 is 0 Å². The van der Waals surface area contributed by atoms with E-state index >= 15 is 0 Å². The van der Waals surface area contributed by atoms with E-state index in [0.717, 1.165) is 12.8 Å². The van der Waals surface area contributed by atoms with E-state index in [1.807, 2.05) is 6.07 Å². The summed E-state index contributed by atoms with van der Waals surface area (Å²) in [6.07, 6.45) is 12.2. The Labute approximate surface area is 109 Å². The van der Waals surface area contributed by atoms with Gasteiger partial charge in [-0.1, -0.05) is 12.8 Å². The fourth-order valence-electron chi connectivity index (χ4n) is 3.46. The summed E-state index contributed by atoms with van der Waals surface area (Å²) in [5, 5.41) is 0. The lowest BCUT2D eigenvalue weighted by Gasteiger charge is -2.23. The molecule has 2 N–H and O–H groups in total. The van der Waals surface area contributed by atoms with E-state index in [4.69, 9.17) is 10.5 Å². The Morgan fingerprint density at radius 3 is 2.94 bits per heavy atom. The van der Waals surface area contributed by atoms with Gasteiger partial charge in [-0.2, -0.15) is 0 Å². The molecule has 98 valence electrons. The Morgan fingerprint density at radius 1 is 1.33 bits per heavy atom. The lowest BCUT2D eigenvalue weighted by atomic mass is 9.97. The van der Waals surface area contributed by atoms with E-state index in [0.29, 0.717) is 11.9 Å². The molecule has 3 rings (SSSR count). The van der Waals surface area contributed by atoms with Crippen molar-refractivity contribution >= 4 is 5.82 Å². The zero-order chi connectivity index (χ0) is 12.4. The average Bonchev–Trinajstić information content (AvgIpc) is 2.98. The van der Waals surface area contributed by atoms with Gasteiger partial charge in [0.05, 0.1) is 11.7 Å². The molecule has 1 spiro atoms. The molecule has 3 nitrogen and oxygen atoms in total. The van der Waals surface area contributed by atoms with Crippen LogP contribution in [-0.4, -0.2) is 16.7 Å². The second-order valence-corrected chi connectivity index (χ2v) is 5.80. The van der Waals surface area contributed by atoms with Gasteiger partial charge in [0.1, 0.15) is 5.82 Å². The van der Waals surface area contributed by atoms with Crippen molar-refractivity contribution < 1.29 is 4.74 Å².